The molecule has 0 radical (unpaired) electrons. The van der Waals surface area contributed by atoms with Gasteiger partial charge in [0.15, 0.2) is 0 Å². The standard InChI is InChI=1S/C68H86O2S4/c1-7-11-15-19-23-27-29-31-35-39-43-57-51-55(5)71-67(57)65-47-45-63(73-65)59-53-62(70-50-42-38-34-26-22-18-14-10-4)60(54-61(59)69-49-41-37-33-25-21-17-13-9-3)64-46-48-66(74-64)68-58(52-56(6)72-68)44-40-36-32-30-28-24-20-16-12-8-2/h3,45-48,51-54H,7-8,10-12,14-16,18-20,22-24,26-32,34-36,38-40,42-44,50H2,1-2,4-6H3. The lowest BCUT2D eigenvalue weighted by molar-refractivity contribution is 0.305. The molecule has 2 nitrogen and oxygen atoms in total. The van der Waals surface area contributed by atoms with Gasteiger partial charge >= 0.3 is 0 Å². The summed E-state index contributed by atoms with van der Waals surface area (Å²) in [7, 11) is 0. The maximum absolute atomic E-state index is 6.89. The van der Waals surface area contributed by atoms with Crippen LogP contribution in [-0.2, 0) is 12.8 Å². The number of ether oxygens (including phenoxy) is 2. The van der Waals surface area contributed by atoms with Gasteiger partial charge in [-0.1, -0.05) is 181 Å². The van der Waals surface area contributed by atoms with E-state index in [1.807, 2.05) is 45.3 Å². The van der Waals surface area contributed by atoms with E-state index in [-0.39, 0.29) is 0 Å². The molecule has 0 aliphatic carbocycles. The molecule has 0 aliphatic heterocycles. The Balaban J connectivity index is 1.41. The van der Waals surface area contributed by atoms with Crippen LogP contribution in [0.4, 0.5) is 0 Å². The zero-order valence-electron chi connectivity index (χ0n) is 46.1. The van der Waals surface area contributed by atoms with Gasteiger partial charge in [-0.05, 0) is 129 Å². The van der Waals surface area contributed by atoms with Gasteiger partial charge < -0.3 is 9.47 Å². The SMILES string of the molecule is C#CC#CC#CC#CC#COc1cc(-c2ccc(-c3sc(C)cc3CCCCCCCCCCCC)s2)c(OCCCCCCCCCC)cc1-c1ccc(-c2sc(C)cc2CCCCCCCCCCCC)s1. The molecule has 1 aromatic carbocycles. The van der Waals surface area contributed by atoms with Crippen LogP contribution in [0.25, 0.3) is 40.4 Å². The van der Waals surface area contributed by atoms with Gasteiger partial charge in [-0.2, -0.15) is 0 Å². The van der Waals surface area contributed by atoms with Gasteiger partial charge in [0, 0.05) is 73.8 Å². The number of aryl methyl sites for hydroxylation is 4. The molecular weight excluding hydrogens is 977 g/mol. The Kier molecular flexibility index (Phi) is 30.3. The second-order valence-electron chi connectivity index (χ2n) is 20.0. The van der Waals surface area contributed by atoms with E-state index in [9.17, 15) is 0 Å². The summed E-state index contributed by atoms with van der Waals surface area (Å²) in [6.07, 6.45) is 47.4. The number of terminal acetylenes is 1. The maximum Gasteiger partial charge on any atom is 0.149 e. The zero-order chi connectivity index (χ0) is 52.3. The molecule has 4 aromatic heterocycles. The minimum Gasteiger partial charge on any atom is -0.493 e. The lowest BCUT2D eigenvalue weighted by Crippen LogP contribution is -2.00. The van der Waals surface area contributed by atoms with Crippen molar-refractivity contribution in [2.75, 3.05) is 6.61 Å². The number of rotatable bonds is 37. The van der Waals surface area contributed by atoms with Gasteiger partial charge in [-0.15, -0.1) is 51.8 Å². The minimum absolute atomic E-state index is 0.668. The summed E-state index contributed by atoms with van der Waals surface area (Å²) >= 11 is 7.52. The van der Waals surface area contributed by atoms with E-state index < -0.39 is 0 Å². The Morgan fingerprint density at radius 3 is 1.20 bits per heavy atom. The third-order valence-corrected chi connectivity index (χ3v) is 18.4. The Bertz CT molecular complexity index is 2680. The molecule has 0 amide bonds. The second-order valence-corrected chi connectivity index (χ2v) is 24.7. The van der Waals surface area contributed by atoms with Crippen LogP contribution in [-0.4, -0.2) is 6.61 Å². The van der Waals surface area contributed by atoms with Crippen molar-refractivity contribution in [3.05, 3.63) is 69.4 Å². The van der Waals surface area contributed by atoms with Gasteiger partial charge in [-0.25, -0.2) is 0 Å². The molecule has 0 bridgehead atoms. The van der Waals surface area contributed by atoms with Crippen LogP contribution in [0.5, 0.6) is 11.5 Å². The number of benzene rings is 1. The van der Waals surface area contributed by atoms with E-state index in [1.54, 1.807) is 0 Å². The predicted octanol–water partition coefficient (Wildman–Crippen LogP) is 21.6. The molecule has 0 atom stereocenters. The maximum atomic E-state index is 6.89. The quantitative estimate of drug-likeness (QED) is 0.0291. The first-order valence-electron chi connectivity index (χ1n) is 28.8. The smallest absolute Gasteiger partial charge is 0.149 e. The predicted molar refractivity (Wildman–Crippen MR) is 329 cm³/mol. The fourth-order valence-corrected chi connectivity index (χ4v) is 14.1. The summed E-state index contributed by atoms with van der Waals surface area (Å²) in [4.78, 5) is 10.4. The van der Waals surface area contributed by atoms with Crippen molar-refractivity contribution in [3.63, 3.8) is 0 Å². The number of thiophene rings is 4. The van der Waals surface area contributed by atoms with Crippen LogP contribution in [0.1, 0.15) is 221 Å². The molecule has 4 heterocycles. The average molecular weight is 1060 g/mol. The Morgan fingerprint density at radius 1 is 0.392 bits per heavy atom. The van der Waals surface area contributed by atoms with E-state index in [0.29, 0.717) is 12.4 Å². The lowest BCUT2D eigenvalue weighted by Gasteiger charge is -2.15. The van der Waals surface area contributed by atoms with Crippen molar-refractivity contribution in [1.82, 2.24) is 0 Å². The number of hydrogen-bond acceptors (Lipinski definition) is 6. The number of hydrogen-bond donors (Lipinski definition) is 0. The lowest BCUT2D eigenvalue weighted by atomic mass is 10.0. The van der Waals surface area contributed by atoms with Crippen LogP contribution < -0.4 is 9.47 Å². The number of unbranched alkanes of at least 4 members (excludes halogenated alkanes) is 25. The molecular formula is C68H86O2S4. The summed E-state index contributed by atoms with van der Waals surface area (Å²) < 4.78 is 13.3. The van der Waals surface area contributed by atoms with Crippen molar-refractivity contribution in [3.8, 4) is 112 Å². The summed E-state index contributed by atoms with van der Waals surface area (Å²) in [5, 5.41) is 0. The van der Waals surface area contributed by atoms with Crippen molar-refractivity contribution in [1.29, 1.82) is 0 Å². The van der Waals surface area contributed by atoms with Gasteiger partial charge in [0.2, 0.25) is 0 Å². The fraction of sp³-hybridized carbons (Fsp3) is 0.529. The monoisotopic (exact) mass is 1060 g/mol. The third kappa shape index (κ3) is 22.3. The topological polar surface area (TPSA) is 18.5 Å². The first-order chi connectivity index (χ1) is 36.4. The van der Waals surface area contributed by atoms with E-state index in [0.717, 1.165) is 45.9 Å². The van der Waals surface area contributed by atoms with Crippen LogP contribution >= 0.6 is 45.3 Å². The molecule has 0 N–H and O–H groups in total. The summed E-state index contributed by atoms with van der Waals surface area (Å²) in [6.45, 7) is 12.0. The normalized spacial score (nSPS) is 10.6. The van der Waals surface area contributed by atoms with Gasteiger partial charge in [-0.3, -0.25) is 0 Å². The molecule has 6 heteroatoms. The van der Waals surface area contributed by atoms with Gasteiger partial charge in [0.1, 0.15) is 17.6 Å². The fourth-order valence-electron chi connectivity index (χ4n) is 9.60. The second kappa shape index (κ2) is 37.2. The molecule has 0 spiro atoms. The zero-order valence-corrected chi connectivity index (χ0v) is 49.3. The van der Waals surface area contributed by atoms with Crippen molar-refractivity contribution >= 4 is 45.3 Å². The van der Waals surface area contributed by atoms with Crippen molar-refractivity contribution in [2.24, 2.45) is 0 Å². The van der Waals surface area contributed by atoms with Crippen molar-refractivity contribution in [2.45, 2.75) is 227 Å². The van der Waals surface area contributed by atoms with Crippen molar-refractivity contribution < 1.29 is 9.47 Å². The Labute approximate surface area is 466 Å². The highest BCUT2D eigenvalue weighted by atomic mass is 32.1. The van der Waals surface area contributed by atoms with E-state index in [4.69, 9.17) is 15.9 Å². The van der Waals surface area contributed by atoms with Crippen LogP contribution in [0.15, 0.2) is 48.5 Å². The van der Waals surface area contributed by atoms with E-state index in [1.165, 1.54) is 214 Å². The molecule has 0 saturated heterocycles. The minimum atomic E-state index is 0.668. The molecule has 0 aliphatic rings. The molecule has 5 aromatic rings. The molecule has 0 unspecified atom stereocenters. The first kappa shape index (κ1) is 60.3. The molecule has 74 heavy (non-hydrogen) atoms. The molecule has 0 saturated carbocycles. The highest BCUT2D eigenvalue weighted by Gasteiger charge is 2.21. The highest BCUT2D eigenvalue weighted by molar-refractivity contribution is 7.24. The first-order valence-corrected chi connectivity index (χ1v) is 32.0. The van der Waals surface area contributed by atoms with E-state index >= 15 is 0 Å². The summed E-state index contributed by atoms with van der Waals surface area (Å²) in [6, 6.07) is 18.4. The molecule has 0 fully saturated rings. The molecule has 5 rings (SSSR count). The third-order valence-electron chi connectivity index (χ3n) is 13.7. The van der Waals surface area contributed by atoms with E-state index in [2.05, 4.69) is 137 Å². The van der Waals surface area contributed by atoms with Crippen LogP contribution in [0.3, 0.4) is 0 Å². The van der Waals surface area contributed by atoms with Gasteiger partial charge in [0.25, 0.3) is 0 Å². The summed E-state index contributed by atoms with van der Waals surface area (Å²) in [5.41, 5.74) is 4.95. The molecule has 394 valence electrons. The largest absolute Gasteiger partial charge is 0.493 e. The van der Waals surface area contributed by atoms with Gasteiger partial charge in [0.05, 0.1) is 6.61 Å². The van der Waals surface area contributed by atoms with Crippen LogP contribution in [0, 0.1) is 73.7 Å². The Hall–Kier alpha value is -4.58. The Morgan fingerprint density at radius 2 is 0.757 bits per heavy atom. The summed E-state index contributed by atoms with van der Waals surface area (Å²) in [5.74, 6) is 22.6. The highest BCUT2D eigenvalue weighted by Crippen LogP contribution is 2.49. The average Bonchev–Trinajstić information content (AvgIpc) is 4.24. The van der Waals surface area contributed by atoms with Crippen LogP contribution in [0.2, 0.25) is 0 Å².